The van der Waals surface area contributed by atoms with Crippen LogP contribution in [-0.4, -0.2) is 81.3 Å². The highest BCUT2D eigenvalue weighted by Crippen LogP contribution is 2.56. The number of methoxy groups -OCH3 is 2. The number of esters is 1. The maximum atomic E-state index is 12.6. The van der Waals surface area contributed by atoms with Crippen LogP contribution in [0.25, 0.3) is 0 Å². The lowest BCUT2D eigenvalue weighted by Crippen LogP contribution is -2.68. The fourth-order valence-electron chi connectivity index (χ4n) is 2.85. The zero-order valence-electron chi connectivity index (χ0n) is 16.4. The Morgan fingerprint density at radius 1 is 1.20 bits per heavy atom. The summed E-state index contributed by atoms with van der Waals surface area (Å²) in [6.07, 6.45) is -1.15. The van der Waals surface area contributed by atoms with Crippen LogP contribution >= 0.6 is 10.6 Å². The Hall–Kier alpha value is -2.57. The van der Waals surface area contributed by atoms with Crippen molar-refractivity contribution in [2.24, 2.45) is 0 Å². The highest BCUT2D eigenvalue weighted by molar-refractivity contribution is 8.25. The van der Waals surface area contributed by atoms with E-state index in [1.165, 1.54) is 19.2 Å². The average Bonchev–Trinajstić information content (AvgIpc) is 2.72. The van der Waals surface area contributed by atoms with Crippen molar-refractivity contribution >= 4 is 22.5 Å². The number of ether oxygens (including phenoxy) is 2. The molecule has 1 aliphatic rings. The Balaban J connectivity index is 2.12. The summed E-state index contributed by atoms with van der Waals surface area (Å²) in [6.45, 7) is -0.478. The van der Waals surface area contributed by atoms with Crippen molar-refractivity contribution < 1.29 is 38.4 Å². The van der Waals surface area contributed by atoms with Gasteiger partial charge in [-0.05, 0) is 36.1 Å². The van der Waals surface area contributed by atoms with Gasteiger partial charge in [0.25, 0.3) is 5.91 Å². The van der Waals surface area contributed by atoms with Gasteiger partial charge in [0.1, 0.15) is 11.7 Å². The molecule has 1 saturated heterocycles. The van der Waals surface area contributed by atoms with E-state index >= 15 is 0 Å². The van der Waals surface area contributed by atoms with Crippen molar-refractivity contribution in [1.82, 2.24) is 5.32 Å². The van der Waals surface area contributed by atoms with E-state index in [1.807, 2.05) is 0 Å². The summed E-state index contributed by atoms with van der Waals surface area (Å²) in [7, 11) is -0.362. The average molecular weight is 437 g/mol. The van der Waals surface area contributed by atoms with Gasteiger partial charge in [0.05, 0.1) is 25.2 Å². The minimum atomic E-state index is -2.85. The molecule has 1 aromatic carbocycles. The third-order valence-electron chi connectivity index (χ3n) is 4.42. The van der Waals surface area contributed by atoms with Gasteiger partial charge in [0, 0.05) is 18.2 Å². The lowest BCUT2D eigenvalue weighted by Gasteiger charge is -2.56. The smallest absolute Gasteiger partial charge is 0.331 e. The SMILES string of the molecule is COC(=O)C(NC(=O)c1ccc(C#CC#CC(O)CO)cc1)C1(OC)CS(O)(O)C1. The maximum Gasteiger partial charge on any atom is 0.331 e. The third-order valence-corrected chi connectivity index (χ3v) is 6.33. The zero-order chi connectivity index (χ0) is 22.4. The highest BCUT2D eigenvalue weighted by Gasteiger charge is 2.57. The highest BCUT2D eigenvalue weighted by atomic mass is 32.3. The largest absolute Gasteiger partial charge is 0.467 e. The Bertz CT molecular complexity index is 899. The van der Waals surface area contributed by atoms with Crippen molar-refractivity contribution in [2.45, 2.75) is 17.7 Å². The number of benzene rings is 1. The van der Waals surface area contributed by atoms with E-state index < -0.39 is 46.8 Å². The van der Waals surface area contributed by atoms with Crippen LogP contribution in [0.5, 0.6) is 0 Å². The van der Waals surface area contributed by atoms with Crippen LogP contribution in [0.4, 0.5) is 0 Å². The Kier molecular flexibility index (Phi) is 7.87. The van der Waals surface area contributed by atoms with Crippen LogP contribution in [-0.2, 0) is 14.3 Å². The van der Waals surface area contributed by atoms with Crippen LogP contribution in [0, 0.1) is 23.7 Å². The predicted octanol–water partition coefficient (Wildman–Crippen LogP) is -0.184. The third kappa shape index (κ3) is 5.74. The topological polar surface area (TPSA) is 146 Å². The predicted molar refractivity (Wildman–Crippen MR) is 110 cm³/mol. The molecule has 162 valence electrons. The number of carbonyl (C=O) groups is 2. The number of carbonyl (C=O) groups excluding carboxylic acids is 2. The van der Waals surface area contributed by atoms with Gasteiger partial charge in [0.2, 0.25) is 0 Å². The first kappa shape index (κ1) is 23.7. The normalized spacial score (nSPS) is 18.7. The van der Waals surface area contributed by atoms with Crippen LogP contribution in [0.3, 0.4) is 0 Å². The summed E-state index contributed by atoms with van der Waals surface area (Å²) < 4.78 is 29.6. The van der Waals surface area contributed by atoms with Gasteiger partial charge in [-0.25, -0.2) is 4.79 Å². The first-order valence-corrected chi connectivity index (χ1v) is 10.6. The van der Waals surface area contributed by atoms with Gasteiger partial charge in [-0.2, -0.15) is 10.6 Å². The summed E-state index contributed by atoms with van der Waals surface area (Å²) in [5.41, 5.74) is -0.455. The molecular weight excluding hydrogens is 414 g/mol. The van der Waals surface area contributed by atoms with Crippen LogP contribution in [0.2, 0.25) is 0 Å². The molecule has 2 atom stereocenters. The molecule has 1 amide bonds. The van der Waals surface area contributed by atoms with E-state index in [0.29, 0.717) is 5.56 Å². The number of aliphatic hydroxyl groups excluding tert-OH is 2. The standard InChI is InChI=1S/C20H23NO8S/c1-28-19(25)17(20(29-2)12-30(26,27)13-20)21-18(24)15-9-7-14(8-10-15)5-3-4-6-16(23)11-22/h7-10,16-17,22-23,26-27H,11-13H2,1-2H3,(H,21,24). The molecule has 1 aliphatic heterocycles. The number of nitrogens with one attached hydrogen (secondary N) is 1. The van der Waals surface area contributed by atoms with E-state index in [4.69, 9.17) is 19.7 Å². The second-order valence-corrected chi connectivity index (χ2v) is 8.77. The molecule has 1 fully saturated rings. The molecule has 2 rings (SSSR count). The fourth-order valence-corrected chi connectivity index (χ4v) is 4.90. The van der Waals surface area contributed by atoms with E-state index in [0.717, 1.165) is 7.11 Å². The lowest BCUT2D eigenvalue weighted by atomic mass is 9.96. The monoisotopic (exact) mass is 437 g/mol. The first-order chi connectivity index (χ1) is 14.2. The number of hydrogen-bond donors (Lipinski definition) is 5. The molecule has 0 spiro atoms. The second-order valence-electron chi connectivity index (χ2n) is 6.58. The van der Waals surface area contributed by atoms with E-state index in [-0.39, 0.29) is 17.1 Å². The van der Waals surface area contributed by atoms with E-state index in [9.17, 15) is 18.7 Å². The molecule has 1 aromatic rings. The minimum absolute atomic E-state index is 0.183. The number of rotatable bonds is 6. The van der Waals surface area contributed by atoms with Crippen molar-refractivity contribution in [1.29, 1.82) is 0 Å². The molecule has 0 bridgehead atoms. The summed E-state index contributed by atoms with van der Waals surface area (Å²) in [5.74, 6) is 8.28. The molecule has 30 heavy (non-hydrogen) atoms. The van der Waals surface area contributed by atoms with Gasteiger partial charge in [-0.15, -0.1) is 0 Å². The molecule has 1 heterocycles. The van der Waals surface area contributed by atoms with Crippen molar-refractivity contribution in [3.05, 3.63) is 35.4 Å². The minimum Gasteiger partial charge on any atom is -0.467 e. The Labute approximate surface area is 175 Å². The zero-order valence-corrected chi connectivity index (χ0v) is 17.2. The fraction of sp³-hybridized carbons (Fsp3) is 0.400. The molecule has 10 heteroatoms. The molecular formula is C20H23NO8S. The molecule has 2 unspecified atom stereocenters. The Morgan fingerprint density at radius 3 is 2.33 bits per heavy atom. The summed E-state index contributed by atoms with van der Waals surface area (Å²) in [4.78, 5) is 24.8. The summed E-state index contributed by atoms with van der Waals surface area (Å²) in [6, 6.07) is 4.93. The van der Waals surface area contributed by atoms with Gasteiger partial charge in [-0.3, -0.25) is 13.9 Å². The molecule has 0 aliphatic carbocycles. The molecule has 0 saturated carbocycles. The van der Waals surface area contributed by atoms with Gasteiger partial charge < -0.3 is 25.0 Å². The number of aliphatic hydroxyl groups is 2. The summed E-state index contributed by atoms with van der Waals surface area (Å²) >= 11 is 0. The molecule has 9 nitrogen and oxygen atoms in total. The maximum absolute atomic E-state index is 12.6. The lowest BCUT2D eigenvalue weighted by molar-refractivity contribution is -0.151. The van der Waals surface area contributed by atoms with Crippen molar-refractivity contribution in [3.8, 4) is 23.7 Å². The van der Waals surface area contributed by atoms with Crippen molar-refractivity contribution in [2.75, 3.05) is 32.3 Å². The molecule has 5 N–H and O–H groups in total. The van der Waals surface area contributed by atoms with Crippen LogP contribution in [0.1, 0.15) is 15.9 Å². The van der Waals surface area contributed by atoms with E-state index in [1.54, 1.807) is 12.1 Å². The van der Waals surface area contributed by atoms with Gasteiger partial charge in [0.15, 0.2) is 6.04 Å². The van der Waals surface area contributed by atoms with Crippen LogP contribution < -0.4 is 5.32 Å². The first-order valence-electron chi connectivity index (χ1n) is 8.74. The van der Waals surface area contributed by atoms with Crippen molar-refractivity contribution in [3.63, 3.8) is 0 Å². The number of hydrogen-bond acceptors (Lipinski definition) is 8. The molecule has 0 aromatic heterocycles. The molecule has 0 radical (unpaired) electrons. The Morgan fingerprint density at radius 2 is 1.83 bits per heavy atom. The van der Waals surface area contributed by atoms with Gasteiger partial charge in [-0.1, -0.05) is 11.8 Å². The summed E-state index contributed by atoms with van der Waals surface area (Å²) in [5, 5.41) is 20.3. The van der Waals surface area contributed by atoms with Crippen LogP contribution in [0.15, 0.2) is 24.3 Å². The quantitative estimate of drug-likeness (QED) is 0.304. The van der Waals surface area contributed by atoms with E-state index in [2.05, 4.69) is 29.0 Å². The number of amides is 1. The second kappa shape index (κ2) is 9.96. The van der Waals surface area contributed by atoms with Gasteiger partial charge >= 0.3 is 5.97 Å².